The topological polar surface area (TPSA) is 9.37 Å². The molecule has 0 aliphatic heterocycles. The molecule has 2 heteroatoms. The molecule has 2 nitrogen and oxygen atoms in total. The number of hydrogen-bond donors (Lipinski definition) is 1. The Morgan fingerprint density at radius 3 is 2.12 bits per heavy atom. The maximum atomic E-state index is 2.43. The van der Waals surface area contributed by atoms with Crippen LogP contribution in [0.25, 0.3) is 0 Å². The van der Waals surface area contributed by atoms with E-state index in [0.717, 1.165) is 25.7 Å². The van der Waals surface area contributed by atoms with Gasteiger partial charge in [0, 0.05) is 31.1 Å². The molecule has 0 bridgehead atoms. The summed E-state index contributed by atoms with van der Waals surface area (Å²) in [5.41, 5.74) is 7.14. The van der Waals surface area contributed by atoms with E-state index < -0.39 is 0 Å². The minimum absolute atomic E-state index is 0.830. The van der Waals surface area contributed by atoms with Gasteiger partial charge in [-0.25, -0.2) is 0 Å². The monoisotopic (exact) mass is 345 g/mol. The van der Waals surface area contributed by atoms with E-state index in [4.69, 9.17) is 0 Å². The SMILES string of the molecule is Cc1ccccc1Cn1cccc1C[NH+](Cc1ccccc1C)C1CC1. The zero-order chi connectivity index (χ0) is 17.9. The third kappa shape index (κ3) is 3.91. The second-order valence-corrected chi connectivity index (χ2v) is 7.77. The lowest BCUT2D eigenvalue weighted by atomic mass is 10.1. The van der Waals surface area contributed by atoms with Crippen LogP contribution in [0.15, 0.2) is 66.9 Å². The van der Waals surface area contributed by atoms with Crippen LogP contribution >= 0.6 is 0 Å². The highest BCUT2D eigenvalue weighted by atomic mass is 15.2. The smallest absolute Gasteiger partial charge is 0.118 e. The Morgan fingerprint density at radius 1 is 0.808 bits per heavy atom. The molecule has 1 fully saturated rings. The molecule has 1 saturated carbocycles. The van der Waals surface area contributed by atoms with Crippen LogP contribution < -0.4 is 4.90 Å². The molecule has 2 aromatic carbocycles. The third-order valence-corrected chi connectivity index (χ3v) is 5.77. The summed E-state index contributed by atoms with van der Waals surface area (Å²) in [7, 11) is 0. The second-order valence-electron chi connectivity index (χ2n) is 7.77. The fraction of sp³-hybridized carbons (Fsp3) is 0.333. The summed E-state index contributed by atoms with van der Waals surface area (Å²) < 4.78 is 2.43. The summed E-state index contributed by atoms with van der Waals surface area (Å²) in [5, 5.41) is 0. The van der Waals surface area contributed by atoms with Gasteiger partial charge in [0.15, 0.2) is 0 Å². The number of nitrogens with zero attached hydrogens (tertiary/aromatic N) is 1. The van der Waals surface area contributed by atoms with Crippen molar-refractivity contribution in [3.8, 4) is 0 Å². The summed E-state index contributed by atoms with van der Waals surface area (Å²) in [6.45, 7) is 7.65. The van der Waals surface area contributed by atoms with Crippen molar-refractivity contribution in [2.24, 2.45) is 0 Å². The van der Waals surface area contributed by atoms with Crippen molar-refractivity contribution < 1.29 is 4.90 Å². The molecule has 1 aliphatic rings. The molecule has 1 unspecified atom stereocenters. The summed E-state index contributed by atoms with van der Waals surface area (Å²) in [5.74, 6) is 0. The van der Waals surface area contributed by atoms with Crippen LogP contribution in [0.2, 0.25) is 0 Å². The van der Waals surface area contributed by atoms with E-state index in [1.807, 2.05) is 0 Å². The summed E-state index contributed by atoms with van der Waals surface area (Å²) >= 11 is 0. The van der Waals surface area contributed by atoms with E-state index in [2.05, 4.69) is 85.3 Å². The third-order valence-electron chi connectivity index (χ3n) is 5.77. The number of benzene rings is 2. The molecule has 26 heavy (non-hydrogen) atoms. The highest BCUT2D eigenvalue weighted by molar-refractivity contribution is 5.27. The molecule has 0 radical (unpaired) electrons. The van der Waals surface area contributed by atoms with Gasteiger partial charge in [-0.1, -0.05) is 48.5 Å². The fourth-order valence-corrected chi connectivity index (χ4v) is 3.86. The Kier molecular flexibility index (Phi) is 4.94. The number of quaternary nitrogens is 1. The summed E-state index contributed by atoms with van der Waals surface area (Å²) in [6.07, 6.45) is 4.99. The molecule has 1 heterocycles. The molecule has 134 valence electrons. The maximum Gasteiger partial charge on any atom is 0.118 e. The molecule has 0 saturated heterocycles. The Labute approximate surface area is 157 Å². The normalized spacial score (nSPS) is 15.2. The van der Waals surface area contributed by atoms with Crippen molar-refractivity contribution in [2.75, 3.05) is 0 Å². The fourth-order valence-electron chi connectivity index (χ4n) is 3.86. The van der Waals surface area contributed by atoms with Gasteiger partial charge in [0.25, 0.3) is 0 Å². The zero-order valence-corrected chi connectivity index (χ0v) is 15.9. The molecule has 0 spiro atoms. The number of nitrogens with one attached hydrogen (secondary N) is 1. The summed E-state index contributed by atoms with van der Waals surface area (Å²) in [4.78, 5) is 1.71. The van der Waals surface area contributed by atoms with E-state index in [-0.39, 0.29) is 0 Å². The molecule has 1 aliphatic carbocycles. The van der Waals surface area contributed by atoms with Gasteiger partial charge in [-0.2, -0.15) is 0 Å². The van der Waals surface area contributed by atoms with Crippen molar-refractivity contribution in [2.45, 2.75) is 52.4 Å². The number of hydrogen-bond acceptors (Lipinski definition) is 0. The van der Waals surface area contributed by atoms with Gasteiger partial charge in [0.1, 0.15) is 13.1 Å². The average Bonchev–Trinajstić information content (AvgIpc) is 3.40. The van der Waals surface area contributed by atoms with E-state index >= 15 is 0 Å². The van der Waals surface area contributed by atoms with E-state index in [0.29, 0.717) is 0 Å². The number of aryl methyl sites for hydroxylation is 2. The van der Waals surface area contributed by atoms with Gasteiger partial charge in [-0.3, -0.25) is 0 Å². The lowest BCUT2D eigenvalue weighted by Gasteiger charge is -2.21. The number of rotatable bonds is 7. The first-order chi connectivity index (χ1) is 12.7. The predicted molar refractivity (Wildman–Crippen MR) is 107 cm³/mol. The van der Waals surface area contributed by atoms with Gasteiger partial charge < -0.3 is 9.47 Å². The molecule has 1 atom stereocenters. The van der Waals surface area contributed by atoms with E-state index in [9.17, 15) is 0 Å². The van der Waals surface area contributed by atoms with Crippen LogP contribution in [0, 0.1) is 13.8 Å². The second kappa shape index (κ2) is 7.51. The molecule has 3 aromatic rings. The van der Waals surface area contributed by atoms with Crippen LogP contribution in [0.4, 0.5) is 0 Å². The lowest BCUT2D eigenvalue weighted by Crippen LogP contribution is -3.10. The minimum Gasteiger partial charge on any atom is -0.342 e. The first kappa shape index (κ1) is 17.1. The molecular formula is C24H29N2+. The quantitative estimate of drug-likeness (QED) is 0.665. The molecule has 0 amide bonds. The highest BCUT2D eigenvalue weighted by Gasteiger charge is 2.34. The average molecular weight is 346 g/mol. The maximum absolute atomic E-state index is 2.43. The standard InChI is InChI=1S/C24H28N2/c1-19-8-3-5-10-21(19)16-25-15-7-12-24(25)18-26(23-13-14-23)17-22-11-6-4-9-20(22)2/h3-12,15,23H,13-14,16-18H2,1-2H3/p+1. The van der Waals surface area contributed by atoms with Crippen molar-refractivity contribution in [1.29, 1.82) is 0 Å². The van der Waals surface area contributed by atoms with Gasteiger partial charge in [0.05, 0.1) is 11.7 Å². The summed E-state index contributed by atoms with van der Waals surface area (Å²) in [6, 6.07) is 22.9. The minimum atomic E-state index is 0.830. The van der Waals surface area contributed by atoms with Crippen LogP contribution in [-0.2, 0) is 19.6 Å². The molecule has 1 aromatic heterocycles. The highest BCUT2D eigenvalue weighted by Crippen LogP contribution is 2.18. The Morgan fingerprint density at radius 2 is 1.46 bits per heavy atom. The van der Waals surface area contributed by atoms with Gasteiger partial charge >= 0.3 is 0 Å². The number of aromatic nitrogens is 1. The van der Waals surface area contributed by atoms with Crippen LogP contribution in [0.3, 0.4) is 0 Å². The van der Waals surface area contributed by atoms with Crippen molar-refractivity contribution in [3.63, 3.8) is 0 Å². The Bertz CT molecular complexity index is 873. The van der Waals surface area contributed by atoms with Gasteiger partial charge in [-0.15, -0.1) is 0 Å². The van der Waals surface area contributed by atoms with Crippen molar-refractivity contribution >= 4 is 0 Å². The van der Waals surface area contributed by atoms with Gasteiger partial charge in [0.2, 0.25) is 0 Å². The molecule has 4 rings (SSSR count). The van der Waals surface area contributed by atoms with Crippen LogP contribution in [-0.4, -0.2) is 10.6 Å². The van der Waals surface area contributed by atoms with Crippen LogP contribution in [0.1, 0.15) is 40.8 Å². The van der Waals surface area contributed by atoms with E-state index in [1.165, 1.54) is 40.8 Å². The van der Waals surface area contributed by atoms with Crippen molar-refractivity contribution in [1.82, 2.24) is 4.57 Å². The predicted octanol–water partition coefficient (Wildman–Crippen LogP) is 3.90. The largest absolute Gasteiger partial charge is 0.342 e. The zero-order valence-electron chi connectivity index (χ0n) is 15.9. The molecular weight excluding hydrogens is 316 g/mol. The van der Waals surface area contributed by atoms with Crippen LogP contribution in [0.5, 0.6) is 0 Å². The van der Waals surface area contributed by atoms with Gasteiger partial charge in [-0.05, 0) is 42.7 Å². The first-order valence-corrected chi connectivity index (χ1v) is 9.78. The Hall–Kier alpha value is -2.32. The Balaban J connectivity index is 1.51. The molecule has 1 N–H and O–H groups in total. The van der Waals surface area contributed by atoms with Crippen molar-refractivity contribution in [3.05, 3.63) is 94.8 Å². The van der Waals surface area contributed by atoms with E-state index in [1.54, 1.807) is 4.90 Å². The first-order valence-electron chi connectivity index (χ1n) is 9.78. The lowest BCUT2D eigenvalue weighted by molar-refractivity contribution is -0.938.